The lowest BCUT2D eigenvalue weighted by molar-refractivity contribution is -0.117. The Labute approximate surface area is 171 Å². The van der Waals surface area contributed by atoms with Crippen LogP contribution in [0.15, 0.2) is 53.0 Å². The average molecular weight is 442 g/mol. The minimum absolute atomic E-state index is 0.0924. The summed E-state index contributed by atoms with van der Waals surface area (Å²) in [5.41, 5.74) is 1.61. The highest BCUT2D eigenvalue weighted by atomic mass is 79.9. The predicted molar refractivity (Wildman–Crippen MR) is 113 cm³/mol. The molecule has 0 spiro atoms. The van der Waals surface area contributed by atoms with E-state index in [-0.39, 0.29) is 11.8 Å². The molecule has 0 saturated heterocycles. The molecule has 0 radical (unpaired) electrons. The van der Waals surface area contributed by atoms with E-state index in [4.69, 9.17) is 14.2 Å². The third-order valence-electron chi connectivity index (χ3n) is 4.85. The monoisotopic (exact) mass is 441 g/mol. The van der Waals surface area contributed by atoms with Gasteiger partial charge in [0.2, 0.25) is 5.91 Å². The van der Waals surface area contributed by atoms with Crippen molar-refractivity contribution in [3.63, 3.8) is 0 Å². The normalized spacial score (nSPS) is 13.8. The first kappa shape index (κ1) is 18.6. The minimum atomic E-state index is -0.313. The van der Waals surface area contributed by atoms with Gasteiger partial charge in [-0.1, -0.05) is 24.3 Å². The fourth-order valence-corrected chi connectivity index (χ4v) is 3.61. The fourth-order valence-electron chi connectivity index (χ4n) is 3.19. The second kappa shape index (κ2) is 7.72. The smallest absolute Gasteiger partial charge is 0.231 e. The van der Waals surface area contributed by atoms with Crippen molar-refractivity contribution in [2.24, 2.45) is 0 Å². The van der Waals surface area contributed by atoms with Crippen molar-refractivity contribution >= 4 is 38.3 Å². The summed E-state index contributed by atoms with van der Waals surface area (Å²) in [6.07, 6.45) is 0. The number of amides is 1. The van der Waals surface area contributed by atoms with E-state index in [1.54, 1.807) is 13.2 Å². The lowest BCUT2D eigenvalue weighted by atomic mass is 9.97. The molecule has 4 rings (SSSR count). The van der Waals surface area contributed by atoms with Gasteiger partial charge in [0.15, 0.2) is 11.5 Å². The van der Waals surface area contributed by atoms with Crippen LogP contribution in [0.3, 0.4) is 0 Å². The highest BCUT2D eigenvalue weighted by Gasteiger charge is 2.20. The minimum Gasteiger partial charge on any atom is -0.497 e. The summed E-state index contributed by atoms with van der Waals surface area (Å²) in [7, 11) is 1.65. The van der Waals surface area contributed by atoms with Crippen LogP contribution in [0, 0.1) is 0 Å². The molecule has 5 nitrogen and oxygen atoms in total. The van der Waals surface area contributed by atoms with Gasteiger partial charge in [-0.3, -0.25) is 4.79 Å². The molecule has 144 valence electrons. The van der Waals surface area contributed by atoms with Crippen molar-refractivity contribution in [3.05, 3.63) is 58.6 Å². The van der Waals surface area contributed by atoms with E-state index in [0.717, 1.165) is 26.6 Å². The van der Waals surface area contributed by atoms with E-state index in [9.17, 15) is 4.79 Å². The molecule has 6 heteroatoms. The van der Waals surface area contributed by atoms with E-state index in [2.05, 4.69) is 21.2 Å². The second-order valence-corrected chi connectivity index (χ2v) is 7.51. The largest absolute Gasteiger partial charge is 0.497 e. The van der Waals surface area contributed by atoms with Gasteiger partial charge in [0.05, 0.1) is 18.7 Å². The predicted octanol–water partition coefficient (Wildman–Crippen LogP) is 5.12. The zero-order chi connectivity index (χ0) is 19.7. The lowest BCUT2D eigenvalue weighted by Gasteiger charge is -2.21. The molecule has 28 heavy (non-hydrogen) atoms. The van der Waals surface area contributed by atoms with Gasteiger partial charge >= 0.3 is 0 Å². The summed E-state index contributed by atoms with van der Waals surface area (Å²) in [5, 5.41) is 5.13. The first-order chi connectivity index (χ1) is 13.5. The van der Waals surface area contributed by atoms with Gasteiger partial charge in [-0.15, -0.1) is 0 Å². The lowest BCUT2D eigenvalue weighted by Crippen LogP contribution is -2.20. The van der Waals surface area contributed by atoms with Gasteiger partial charge in [-0.25, -0.2) is 0 Å². The number of nitrogens with one attached hydrogen (secondary N) is 1. The van der Waals surface area contributed by atoms with Crippen LogP contribution in [0.25, 0.3) is 10.8 Å². The molecule has 3 aromatic carbocycles. The fraction of sp³-hybridized carbons (Fsp3) is 0.227. The maximum atomic E-state index is 12.8. The standard InChI is InChI=1S/C22H20BrNO4/c1-13(14-3-4-16-10-17(26-2)6-5-15(16)9-14)22(25)24-19-12-21-20(11-18(19)23)27-7-8-28-21/h3-6,9-13H,7-8H2,1-2H3,(H,24,25)/t13-/m0/s1. The van der Waals surface area contributed by atoms with E-state index < -0.39 is 0 Å². The van der Waals surface area contributed by atoms with Crippen LogP contribution in [0.1, 0.15) is 18.4 Å². The summed E-state index contributed by atoms with van der Waals surface area (Å²) < 4.78 is 17.2. The number of carbonyl (C=O) groups is 1. The molecular weight excluding hydrogens is 422 g/mol. The van der Waals surface area contributed by atoms with Gasteiger partial charge in [0, 0.05) is 16.6 Å². The van der Waals surface area contributed by atoms with Gasteiger partial charge in [0.1, 0.15) is 19.0 Å². The van der Waals surface area contributed by atoms with Crippen LogP contribution in [0.4, 0.5) is 5.69 Å². The molecule has 0 aromatic heterocycles. The topological polar surface area (TPSA) is 56.8 Å². The molecule has 0 saturated carbocycles. The van der Waals surface area contributed by atoms with Crippen molar-refractivity contribution in [1.82, 2.24) is 0 Å². The third kappa shape index (κ3) is 3.64. The molecule has 3 aromatic rings. The van der Waals surface area contributed by atoms with Gasteiger partial charge in [0.25, 0.3) is 0 Å². The molecule has 1 N–H and O–H groups in total. The van der Waals surface area contributed by atoms with Crippen LogP contribution >= 0.6 is 15.9 Å². The SMILES string of the molecule is COc1ccc2cc([C@H](C)C(=O)Nc3cc4c(cc3Br)OCCO4)ccc2c1. The molecule has 0 unspecified atom stereocenters. The van der Waals surface area contributed by atoms with Crippen molar-refractivity contribution in [3.8, 4) is 17.2 Å². The van der Waals surface area contributed by atoms with E-state index in [1.165, 1.54) is 0 Å². The quantitative estimate of drug-likeness (QED) is 0.609. The Morgan fingerprint density at radius 1 is 1.04 bits per heavy atom. The number of benzene rings is 3. The Hall–Kier alpha value is -2.73. The van der Waals surface area contributed by atoms with Crippen LogP contribution < -0.4 is 19.5 Å². The summed E-state index contributed by atoms with van der Waals surface area (Å²) >= 11 is 3.49. The number of halogens is 1. The molecule has 1 heterocycles. The van der Waals surface area contributed by atoms with Crippen molar-refractivity contribution < 1.29 is 19.0 Å². The first-order valence-corrected chi connectivity index (χ1v) is 9.82. The molecule has 0 bridgehead atoms. The zero-order valence-electron chi connectivity index (χ0n) is 15.6. The molecular formula is C22H20BrNO4. The zero-order valence-corrected chi connectivity index (χ0v) is 17.2. The molecule has 1 aliphatic heterocycles. The molecule has 1 atom stereocenters. The van der Waals surface area contributed by atoms with Crippen molar-refractivity contribution in [2.45, 2.75) is 12.8 Å². The number of hydrogen-bond acceptors (Lipinski definition) is 4. The summed E-state index contributed by atoms with van der Waals surface area (Å²) in [6.45, 7) is 2.92. The van der Waals surface area contributed by atoms with E-state index >= 15 is 0 Å². The number of rotatable bonds is 4. The summed E-state index contributed by atoms with van der Waals surface area (Å²) in [6, 6.07) is 15.5. The Balaban J connectivity index is 1.56. The summed E-state index contributed by atoms with van der Waals surface area (Å²) in [5.74, 6) is 1.72. The number of carbonyl (C=O) groups excluding carboxylic acids is 1. The van der Waals surface area contributed by atoms with E-state index in [1.807, 2.05) is 49.4 Å². The Bertz CT molecular complexity index is 1050. The van der Waals surface area contributed by atoms with Gasteiger partial charge < -0.3 is 19.5 Å². The van der Waals surface area contributed by atoms with Crippen LogP contribution in [0.5, 0.6) is 17.2 Å². The Morgan fingerprint density at radius 3 is 2.46 bits per heavy atom. The molecule has 0 aliphatic carbocycles. The molecule has 1 amide bonds. The van der Waals surface area contributed by atoms with Crippen molar-refractivity contribution in [2.75, 3.05) is 25.6 Å². The van der Waals surface area contributed by atoms with Crippen molar-refractivity contribution in [1.29, 1.82) is 0 Å². The summed E-state index contributed by atoms with van der Waals surface area (Å²) in [4.78, 5) is 12.8. The number of hydrogen-bond donors (Lipinski definition) is 1. The Kier molecular flexibility index (Phi) is 5.13. The first-order valence-electron chi connectivity index (χ1n) is 9.03. The maximum Gasteiger partial charge on any atom is 0.231 e. The van der Waals surface area contributed by atoms with Crippen LogP contribution in [0.2, 0.25) is 0 Å². The highest BCUT2D eigenvalue weighted by Crippen LogP contribution is 2.38. The number of fused-ring (bicyclic) bond motifs is 2. The maximum absolute atomic E-state index is 12.8. The highest BCUT2D eigenvalue weighted by molar-refractivity contribution is 9.10. The Morgan fingerprint density at radius 2 is 1.71 bits per heavy atom. The number of anilines is 1. The van der Waals surface area contributed by atoms with Crippen LogP contribution in [-0.4, -0.2) is 26.2 Å². The van der Waals surface area contributed by atoms with Crippen LogP contribution in [-0.2, 0) is 4.79 Å². The molecule has 1 aliphatic rings. The third-order valence-corrected chi connectivity index (χ3v) is 5.51. The number of ether oxygens (including phenoxy) is 3. The van der Waals surface area contributed by atoms with Gasteiger partial charge in [-0.2, -0.15) is 0 Å². The molecule has 0 fully saturated rings. The van der Waals surface area contributed by atoms with E-state index in [0.29, 0.717) is 30.4 Å². The second-order valence-electron chi connectivity index (χ2n) is 6.66. The average Bonchev–Trinajstić information content (AvgIpc) is 2.72. The number of methoxy groups -OCH3 is 1. The van der Waals surface area contributed by atoms with Gasteiger partial charge in [-0.05, 0) is 51.3 Å².